The van der Waals surface area contributed by atoms with Crippen LogP contribution >= 0.6 is 11.6 Å². The average Bonchev–Trinajstić information content (AvgIpc) is 3.13. The largest absolute Gasteiger partial charge is 0.488 e. The van der Waals surface area contributed by atoms with Gasteiger partial charge in [0.05, 0.1) is 5.02 Å². The summed E-state index contributed by atoms with van der Waals surface area (Å²) in [5.74, 6) is 0.806. The van der Waals surface area contributed by atoms with E-state index in [0.29, 0.717) is 17.7 Å². The highest BCUT2D eigenvalue weighted by molar-refractivity contribution is 6.32. The standard InChI is InChI=1S/C14H18ClNO/c1-2-3-9-17-14-11(5-4-6-13(14)15)10-16-12-7-8-12/h2-6,12,16H,7-10H2,1H3/b3-2+. The van der Waals surface area contributed by atoms with E-state index >= 15 is 0 Å². The predicted octanol–water partition coefficient (Wildman–Crippen LogP) is 3.55. The molecule has 1 fully saturated rings. The highest BCUT2D eigenvalue weighted by atomic mass is 35.5. The SMILES string of the molecule is C/C=C/COc1c(Cl)cccc1CNC1CC1. The molecule has 0 amide bonds. The first kappa shape index (κ1) is 12.5. The molecule has 1 N–H and O–H groups in total. The van der Waals surface area contributed by atoms with Gasteiger partial charge in [-0.05, 0) is 25.8 Å². The van der Waals surface area contributed by atoms with Crippen molar-refractivity contribution in [1.29, 1.82) is 0 Å². The van der Waals surface area contributed by atoms with E-state index in [9.17, 15) is 0 Å². The van der Waals surface area contributed by atoms with E-state index < -0.39 is 0 Å². The highest BCUT2D eigenvalue weighted by Crippen LogP contribution is 2.29. The fourth-order valence-electron chi connectivity index (χ4n) is 1.62. The molecule has 0 spiro atoms. The molecule has 1 aromatic rings. The van der Waals surface area contributed by atoms with Crippen LogP contribution in [0.4, 0.5) is 0 Å². The third-order valence-electron chi connectivity index (χ3n) is 2.77. The molecule has 1 saturated carbocycles. The minimum absolute atomic E-state index is 0.566. The Labute approximate surface area is 108 Å². The van der Waals surface area contributed by atoms with Gasteiger partial charge in [0.15, 0.2) is 0 Å². The van der Waals surface area contributed by atoms with Gasteiger partial charge in [0.2, 0.25) is 0 Å². The smallest absolute Gasteiger partial charge is 0.142 e. The van der Waals surface area contributed by atoms with Gasteiger partial charge in [-0.15, -0.1) is 0 Å². The van der Waals surface area contributed by atoms with Crippen LogP contribution in [0.5, 0.6) is 5.75 Å². The van der Waals surface area contributed by atoms with Crippen LogP contribution in [-0.2, 0) is 6.54 Å². The molecule has 0 aromatic heterocycles. The Balaban J connectivity index is 2.02. The number of hydrogen-bond donors (Lipinski definition) is 1. The zero-order chi connectivity index (χ0) is 12.1. The fraction of sp³-hybridized carbons (Fsp3) is 0.429. The molecule has 0 radical (unpaired) electrons. The fourth-order valence-corrected chi connectivity index (χ4v) is 1.87. The molecule has 3 heteroatoms. The first-order valence-electron chi connectivity index (χ1n) is 6.06. The number of rotatable bonds is 6. The lowest BCUT2D eigenvalue weighted by atomic mass is 10.2. The van der Waals surface area contributed by atoms with Crippen LogP contribution in [0.3, 0.4) is 0 Å². The van der Waals surface area contributed by atoms with Crippen molar-refractivity contribution in [2.24, 2.45) is 0 Å². The maximum Gasteiger partial charge on any atom is 0.142 e. The second kappa shape index (κ2) is 6.08. The van der Waals surface area contributed by atoms with E-state index in [4.69, 9.17) is 16.3 Å². The normalized spacial score (nSPS) is 15.4. The number of ether oxygens (including phenoxy) is 1. The molecule has 0 atom stereocenters. The van der Waals surface area contributed by atoms with Crippen molar-refractivity contribution in [3.63, 3.8) is 0 Å². The van der Waals surface area contributed by atoms with Crippen LogP contribution in [0.15, 0.2) is 30.4 Å². The maximum atomic E-state index is 6.16. The van der Waals surface area contributed by atoms with E-state index in [-0.39, 0.29) is 0 Å². The second-order valence-electron chi connectivity index (χ2n) is 4.26. The van der Waals surface area contributed by atoms with E-state index in [1.807, 2.05) is 31.2 Å². The lowest BCUT2D eigenvalue weighted by Crippen LogP contribution is -2.16. The predicted molar refractivity (Wildman–Crippen MR) is 71.6 cm³/mol. The van der Waals surface area contributed by atoms with Gasteiger partial charge < -0.3 is 10.1 Å². The van der Waals surface area contributed by atoms with E-state index in [1.165, 1.54) is 12.8 Å². The van der Waals surface area contributed by atoms with Gasteiger partial charge in [-0.2, -0.15) is 0 Å². The molecular weight excluding hydrogens is 234 g/mol. The van der Waals surface area contributed by atoms with Crippen molar-refractivity contribution in [3.8, 4) is 5.75 Å². The van der Waals surface area contributed by atoms with Crippen LogP contribution in [0.2, 0.25) is 5.02 Å². The molecule has 92 valence electrons. The molecule has 0 bridgehead atoms. The van der Waals surface area contributed by atoms with E-state index in [2.05, 4.69) is 11.4 Å². The highest BCUT2D eigenvalue weighted by Gasteiger charge is 2.20. The quantitative estimate of drug-likeness (QED) is 0.781. The van der Waals surface area contributed by atoms with E-state index in [1.54, 1.807) is 0 Å². The van der Waals surface area contributed by atoms with Gasteiger partial charge in [0.1, 0.15) is 12.4 Å². The van der Waals surface area contributed by atoms with Gasteiger partial charge in [-0.1, -0.05) is 35.9 Å². The van der Waals surface area contributed by atoms with Gasteiger partial charge in [-0.3, -0.25) is 0 Å². The average molecular weight is 252 g/mol. The Bertz CT molecular complexity index is 399. The number of halogens is 1. The topological polar surface area (TPSA) is 21.3 Å². The van der Waals surface area contributed by atoms with Gasteiger partial charge in [0, 0.05) is 18.2 Å². The lowest BCUT2D eigenvalue weighted by molar-refractivity contribution is 0.357. The first-order valence-corrected chi connectivity index (χ1v) is 6.43. The minimum atomic E-state index is 0.566. The molecule has 0 unspecified atom stereocenters. The van der Waals surface area contributed by atoms with Gasteiger partial charge >= 0.3 is 0 Å². The number of hydrogen-bond acceptors (Lipinski definition) is 2. The summed E-state index contributed by atoms with van der Waals surface area (Å²) in [4.78, 5) is 0. The van der Waals surface area contributed by atoms with Crippen LogP contribution < -0.4 is 10.1 Å². The summed E-state index contributed by atoms with van der Waals surface area (Å²) in [6, 6.07) is 6.59. The Morgan fingerprint density at radius 2 is 2.29 bits per heavy atom. The van der Waals surface area contributed by atoms with E-state index in [0.717, 1.165) is 17.9 Å². The summed E-state index contributed by atoms with van der Waals surface area (Å²) in [6.07, 6.45) is 6.52. The van der Waals surface area contributed by atoms with Crippen molar-refractivity contribution in [2.45, 2.75) is 32.4 Å². The van der Waals surface area contributed by atoms with Gasteiger partial charge in [0.25, 0.3) is 0 Å². The molecule has 2 nitrogen and oxygen atoms in total. The van der Waals surface area contributed by atoms with Crippen LogP contribution in [0.25, 0.3) is 0 Å². The Kier molecular flexibility index (Phi) is 4.46. The molecule has 2 rings (SSSR count). The number of para-hydroxylation sites is 1. The Hall–Kier alpha value is -0.990. The Morgan fingerprint density at radius 3 is 3.00 bits per heavy atom. The minimum Gasteiger partial charge on any atom is -0.488 e. The van der Waals surface area contributed by atoms with Crippen LogP contribution in [-0.4, -0.2) is 12.6 Å². The van der Waals surface area contributed by atoms with Crippen molar-refractivity contribution in [3.05, 3.63) is 40.9 Å². The van der Waals surface area contributed by atoms with Crippen molar-refractivity contribution < 1.29 is 4.74 Å². The summed E-state index contributed by atoms with van der Waals surface area (Å²) in [5.41, 5.74) is 1.13. The summed E-state index contributed by atoms with van der Waals surface area (Å²) < 4.78 is 5.70. The third-order valence-corrected chi connectivity index (χ3v) is 3.06. The molecule has 1 aliphatic rings. The zero-order valence-corrected chi connectivity index (χ0v) is 10.8. The molecule has 1 aromatic carbocycles. The first-order chi connectivity index (χ1) is 8.31. The molecule has 0 saturated heterocycles. The molecule has 17 heavy (non-hydrogen) atoms. The molecular formula is C14H18ClNO. The summed E-state index contributed by atoms with van der Waals surface area (Å²) in [5, 5.41) is 4.16. The maximum absolute atomic E-state index is 6.16. The third kappa shape index (κ3) is 3.76. The second-order valence-corrected chi connectivity index (χ2v) is 4.67. The van der Waals surface area contributed by atoms with Gasteiger partial charge in [-0.25, -0.2) is 0 Å². The van der Waals surface area contributed by atoms with Crippen molar-refractivity contribution in [2.75, 3.05) is 6.61 Å². The zero-order valence-electron chi connectivity index (χ0n) is 10.1. The lowest BCUT2D eigenvalue weighted by Gasteiger charge is -2.12. The number of allylic oxidation sites excluding steroid dienone is 1. The van der Waals surface area contributed by atoms with Crippen LogP contribution in [0.1, 0.15) is 25.3 Å². The number of benzene rings is 1. The van der Waals surface area contributed by atoms with Crippen LogP contribution in [0, 0.1) is 0 Å². The summed E-state index contributed by atoms with van der Waals surface area (Å²) in [7, 11) is 0. The molecule has 1 aliphatic carbocycles. The molecule has 0 heterocycles. The Morgan fingerprint density at radius 1 is 1.47 bits per heavy atom. The monoisotopic (exact) mass is 251 g/mol. The summed E-state index contributed by atoms with van der Waals surface area (Å²) in [6.45, 7) is 3.37. The number of nitrogens with one attached hydrogen (secondary N) is 1. The van der Waals surface area contributed by atoms with Crippen molar-refractivity contribution >= 4 is 11.6 Å². The molecule has 0 aliphatic heterocycles. The summed E-state index contributed by atoms with van der Waals surface area (Å²) >= 11 is 6.16. The van der Waals surface area contributed by atoms with Crippen molar-refractivity contribution in [1.82, 2.24) is 5.32 Å².